The second kappa shape index (κ2) is 3.96. The maximum Gasteiger partial charge on any atom is 0.121 e. The van der Waals surface area contributed by atoms with Gasteiger partial charge in [-0.15, -0.1) is 0 Å². The van der Waals surface area contributed by atoms with Crippen molar-refractivity contribution >= 4 is 11.6 Å². The molecule has 0 spiro atoms. The molecule has 0 bridgehead atoms. The molecule has 3 nitrogen and oxygen atoms in total. The van der Waals surface area contributed by atoms with E-state index in [2.05, 4.69) is 0 Å². The number of hydrogen-bond acceptors (Lipinski definition) is 3. The van der Waals surface area contributed by atoms with E-state index in [9.17, 15) is 5.11 Å². The zero-order valence-corrected chi connectivity index (χ0v) is 8.04. The van der Waals surface area contributed by atoms with Crippen LogP contribution in [0.15, 0.2) is 12.1 Å². The summed E-state index contributed by atoms with van der Waals surface area (Å²) in [5, 5.41) is 18.7. The van der Waals surface area contributed by atoms with Crippen LogP contribution < -0.4 is 5.73 Å². The summed E-state index contributed by atoms with van der Waals surface area (Å²) in [7, 11) is 0. The van der Waals surface area contributed by atoms with E-state index in [1.165, 1.54) is 6.07 Å². The fourth-order valence-electron chi connectivity index (χ4n) is 1.09. The Kier molecular flexibility index (Phi) is 3.14. The second-order valence-corrected chi connectivity index (χ2v) is 3.36. The van der Waals surface area contributed by atoms with E-state index in [-0.39, 0.29) is 12.4 Å². The van der Waals surface area contributed by atoms with Crippen molar-refractivity contribution in [3.63, 3.8) is 0 Å². The molecule has 1 aromatic rings. The number of aryl methyl sites for hydroxylation is 1. The average Bonchev–Trinajstić information content (AvgIpc) is 2.10. The van der Waals surface area contributed by atoms with Crippen molar-refractivity contribution in [2.75, 3.05) is 6.61 Å². The molecule has 4 heteroatoms. The van der Waals surface area contributed by atoms with Crippen molar-refractivity contribution in [1.29, 1.82) is 0 Å². The van der Waals surface area contributed by atoms with Gasteiger partial charge in [-0.3, -0.25) is 0 Å². The van der Waals surface area contributed by atoms with Crippen molar-refractivity contribution in [1.82, 2.24) is 0 Å². The van der Waals surface area contributed by atoms with Gasteiger partial charge in [0.15, 0.2) is 0 Å². The SMILES string of the molecule is Cc1cc([C@@H](N)CO)c(O)cc1Cl. The molecule has 1 atom stereocenters. The standard InChI is InChI=1S/C9H12ClNO2/c1-5-2-6(8(11)4-12)9(13)3-7(5)10/h2-3,8,12-13H,4,11H2,1H3/t8-/m0/s1. The van der Waals surface area contributed by atoms with Gasteiger partial charge in [0.2, 0.25) is 0 Å². The van der Waals surface area contributed by atoms with E-state index in [0.29, 0.717) is 10.6 Å². The Morgan fingerprint density at radius 1 is 1.54 bits per heavy atom. The minimum atomic E-state index is -0.559. The molecule has 0 heterocycles. The van der Waals surface area contributed by atoms with E-state index < -0.39 is 6.04 Å². The minimum Gasteiger partial charge on any atom is -0.508 e. The van der Waals surface area contributed by atoms with Crippen LogP contribution in [0, 0.1) is 6.92 Å². The van der Waals surface area contributed by atoms with Gasteiger partial charge in [0.25, 0.3) is 0 Å². The third-order valence-electron chi connectivity index (χ3n) is 1.90. The molecule has 0 radical (unpaired) electrons. The van der Waals surface area contributed by atoms with Gasteiger partial charge in [0, 0.05) is 10.6 Å². The summed E-state index contributed by atoms with van der Waals surface area (Å²) >= 11 is 5.77. The largest absolute Gasteiger partial charge is 0.508 e. The molecule has 72 valence electrons. The molecule has 0 aliphatic rings. The molecule has 0 aliphatic carbocycles. The molecule has 1 rings (SSSR count). The van der Waals surface area contributed by atoms with Gasteiger partial charge in [-0.05, 0) is 24.6 Å². The molecule has 0 aromatic heterocycles. The van der Waals surface area contributed by atoms with Gasteiger partial charge < -0.3 is 15.9 Å². The lowest BCUT2D eigenvalue weighted by Gasteiger charge is -2.12. The first-order valence-corrected chi connectivity index (χ1v) is 4.29. The molecule has 13 heavy (non-hydrogen) atoms. The maximum atomic E-state index is 9.44. The number of halogens is 1. The molecule has 4 N–H and O–H groups in total. The Balaban J connectivity index is 3.15. The minimum absolute atomic E-state index is 0.0251. The number of phenols is 1. The number of benzene rings is 1. The summed E-state index contributed by atoms with van der Waals surface area (Å²) in [5.41, 5.74) is 6.91. The average molecular weight is 202 g/mol. The molecule has 0 amide bonds. The van der Waals surface area contributed by atoms with E-state index in [1.54, 1.807) is 6.07 Å². The Hall–Kier alpha value is -0.770. The number of nitrogens with two attached hydrogens (primary N) is 1. The maximum absolute atomic E-state index is 9.44. The van der Waals surface area contributed by atoms with Crippen molar-refractivity contribution in [3.05, 3.63) is 28.3 Å². The van der Waals surface area contributed by atoms with Crippen LogP contribution in [0.25, 0.3) is 0 Å². The zero-order chi connectivity index (χ0) is 10.0. The summed E-state index contributed by atoms with van der Waals surface area (Å²) in [4.78, 5) is 0. The molecule has 1 aromatic carbocycles. The second-order valence-electron chi connectivity index (χ2n) is 2.95. The lowest BCUT2D eigenvalue weighted by atomic mass is 10.0. The normalized spacial score (nSPS) is 12.9. The van der Waals surface area contributed by atoms with Gasteiger partial charge >= 0.3 is 0 Å². The Bertz CT molecular complexity index is 315. The van der Waals surface area contributed by atoms with Crippen molar-refractivity contribution in [2.45, 2.75) is 13.0 Å². The van der Waals surface area contributed by atoms with Crippen molar-refractivity contribution in [2.24, 2.45) is 5.73 Å². The summed E-state index contributed by atoms with van der Waals surface area (Å²) in [6.45, 7) is 1.62. The Morgan fingerprint density at radius 2 is 2.15 bits per heavy atom. The highest BCUT2D eigenvalue weighted by Crippen LogP contribution is 2.28. The van der Waals surface area contributed by atoms with Crippen LogP contribution in [0.4, 0.5) is 0 Å². The van der Waals surface area contributed by atoms with Gasteiger partial charge in [-0.2, -0.15) is 0 Å². The smallest absolute Gasteiger partial charge is 0.121 e. The molecule has 0 saturated heterocycles. The van der Waals surface area contributed by atoms with Gasteiger partial charge in [0.05, 0.1) is 12.6 Å². The van der Waals surface area contributed by atoms with Crippen LogP contribution in [0.1, 0.15) is 17.2 Å². The number of phenolic OH excluding ortho intramolecular Hbond substituents is 1. The number of aliphatic hydroxyl groups excluding tert-OH is 1. The molecular weight excluding hydrogens is 190 g/mol. The fourth-order valence-corrected chi connectivity index (χ4v) is 1.25. The number of hydrogen-bond donors (Lipinski definition) is 3. The highest BCUT2D eigenvalue weighted by Gasteiger charge is 2.11. The first kappa shape index (κ1) is 10.3. The van der Waals surface area contributed by atoms with Crippen LogP contribution in [0.5, 0.6) is 5.75 Å². The van der Waals surface area contributed by atoms with Crippen LogP contribution >= 0.6 is 11.6 Å². The monoisotopic (exact) mass is 201 g/mol. The fraction of sp³-hybridized carbons (Fsp3) is 0.333. The summed E-state index contributed by atoms with van der Waals surface area (Å²) in [6.07, 6.45) is 0. The predicted octanol–water partition coefficient (Wildman–Crippen LogP) is 1.35. The van der Waals surface area contributed by atoms with Crippen molar-refractivity contribution < 1.29 is 10.2 Å². The number of aliphatic hydroxyl groups is 1. The lowest BCUT2D eigenvalue weighted by Crippen LogP contribution is -2.14. The predicted molar refractivity (Wildman–Crippen MR) is 51.9 cm³/mol. The lowest BCUT2D eigenvalue weighted by molar-refractivity contribution is 0.265. The highest BCUT2D eigenvalue weighted by molar-refractivity contribution is 6.31. The first-order chi connectivity index (χ1) is 6.06. The zero-order valence-electron chi connectivity index (χ0n) is 7.29. The van der Waals surface area contributed by atoms with Gasteiger partial charge in [0.1, 0.15) is 5.75 Å². The van der Waals surface area contributed by atoms with Crippen LogP contribution in [0.3, 0.4) is 0 Å². The Labute approximate surface area is 81.8 Å². The third-order valence-corrected chi connectivity index (χ3v) is 2.31. The third kappa shape index (κ3) is 2.12. The van der Waals surface area contributed by atoms with Gasteiger partial charge in [-0.1, -0.05) is 11.6 Å². The van der Waals surface area contributed by atoms with Gasteiger partial charge in [-0.25, -0.2) is 0 Å². The molecule has 0 saturated carbocycles. The topological polar surface area (TPSA) is 66.5 Å². The molecule has 0 aliphatic heterocycles. The molecule has 0 unspecified atom stereocenters. The first-order valence-electron chi connectivity index (χ1n) is 3.91. The van der Waals surface area contributed by atoms with E-state index in [1.807, 2.05) is 6.92 Å². The summed E-state index contributed by atoms with van der Waals surface area (Å²) in [6, 6.07) is 2.55. The Morgan fingerprint density at radius 3 is 2.69 bits per heavy atom. The van der Waals surface area contributed by atoms with E-state index in [4.69, 9.17) is 22.4 Å². The van der Waals surface area contributed by atoms with E-state index >= 15 is 0 Å². The van der Waals surface area contributed by atoms with Crippen LogP contribution in [0.2, 0.25) is 5.02 Å². The van der Waals surface area contributed by atoms with Crippen LogP contribution in [-0.4, -0.2) is 16.8 Å². The number of rotatable bonds is 2. The number of aromatic hydroxyl groups is 1. The molecular formula is C9H12ClNO2. The summed E-state index contributed by atoms with van der Waals surface area (Å²) < 4.78 is 0. The molecule has 0 fully saturated rings. The van der Waals surface area contributed by atoms with E-state index in [0.717, 1.165) is 5.56 Å². The highest BCUT2D eigenvalue weighted by atomic mass is 35.5. The quantitative estimate of drug-likeness (QED) is 0.677. The summed E-state index contributed by atoms with van der Waals surface area (Å²) in [5.74, 6) is 0.0251. The van der Waals surface area contributed by atoms with Crippen LogP contribution in [-0.2, 0) is 0 Å². The van der Waals surface area contributed by atoms with Crippen molar-refractivity contribution in [3.8, 4) is 5.75 Å².